The highest BCUT2D eigenvalue weighted by Crippen LogP contribution is 2.33. The summed E-state index contributed by atoms with van der Waals surface area (Å²) in [4.78, 5) is 6.00. The van der Waals surface area contributed by atoms with Crippen molar-refractivity contribution in [2.75, 3.05) is 6.54 Å². The van der Waals surface area contributed by atoms with Crippen LogP contribution in [0.2, 0.25) is 0 Å². The molecular formula is C14H11F3N2. The zero-order valence-corrected chi connectivity index (χ0v) is 9.93. The van der Waals surface area contributed by atoms with E-state index in [4.69, 9.17) is 0 Å². The van der Waals surface area contributed by atoms with E-state index >= 15 is 0 Å². The molecule has 0 bridgehead atoms. The first-order valence-electron chi connectivity index (χ1n) is 5.90. The lowest BCUT2D eigenvalue weighted by molar-refractivity contribution is -0.0890. The van der Waals surface area contributed by atoms with E-state index in [1.165, 1.54) is 6.08 Å². The number of nitrogens with zero attached hydrogens (tertiary/aromatic N) is 2. The summed E-state index contributed by atoms with van der Waals surface area (Å²) < 4.78 is 37.9. The summed E-state index contributed by atoms with van der Waals surface area (Å²) in [5.74, 6) is 0.585. The second-order valence-electron chi connectivity index (χ2n) is 4.48. The van der Waals surface area contributed by atoms with Crippen LogP contribution < -0.4 is 0 Å². The van der Waals surface area contributed by atoms with Gasteiger partial charge in [0.25, 0.3) is 0 Å². The van der Waals surface area contributed by atoms with E-state index in [1.807, 2.05) is 30.3 Å². The molecule has 1 unspecified atom stereocenters. The molecule has 0 spiro atoms. The molecule has 1 aromatic rings. The van der Waals surface area contributed by atoms with Gasteiger partial charge >= 0.3 is 6.18 Å². The molecule has 0 fully saturated rings. The summed E-state index contributed by atoms with van der Waals surface area (Å²) in [5, 5.41) is 0. The molecule has 0 amide bonds. The maximum Gasteiger partial charge on any atom is 0.417 e. The van der Waals surface area contributed by atoms with Gasteiger partial charge in [0.2, 0.25) is 0 Å². The summed E-state index contributed by atoms with van der Waals surface area (Å²) in [5.41, 5.74) is 0.375. The van der Waals surface area contributed by atoms with Gasteiger partial charge in [-0.05, 0) is 17.7 Å². The highest BCUT2D eigenvalue weighted by molar-refractivity contribution is 5.96. The van der Waals surface area contributed by atoms with Gasteiger partial charge in [-0.1, -0.05) is 30.3 Å². The van der Waals surface area contributed by atoms with Crippen LogP contribution in [0.5, 0.6) is 0 Å². The molecule has 3 rings (SSSR count). The second-order valence-corrected chi connectivity index (χ2v) is 4.48. The summed E-state index contributed by atoms with van der Waals surface area (Å²) in [6, 6.07) is 9.47. The average molecular weight is 264 g/mol. The Hall–Kier alpha value is -2.04. The average Bonchev–Trinajstić information content (AvgIpc) is 2.81. The van der Waals surface area contributed by atoms with Crippen LogP contribution in [0.15, 0.2) is 59.2 Å². The van der Waals surface area contributed by atoms with Gasteiger partial charge in [-0.3, -0.25) is 4.99 Å². The fourth-order valence-corrected chi connectivity index (χ4v) is 2.21. The normalized spacial score (nSPS) is 22.1. The van der Waals surface area contributed by atoms with Crippen LogP contribution in [0, 0.1) is 0 Å². The van der Waals surface area contributed by atoms with E-state index in [2.05, 4.69) is 4.99 Å². The molecule has 0 N–H and O–H groups in total. The van der Waals surface area contributed by atoms with Gasteiger partial charge in [0.15, 0.2) is 0 Å². The predicted molar refractivity (Wildman–Crippen MR) is 66.6 cm³/mol. The lowest BCUT2D eigenvalue weighted by Gasteiger charge is -2.20. The predicted octanol–water partition coefficient (Wildman–Crippen LogP) is 3.46. The third-order valence-corrected chi connectivity index (χ3v) is 3.17. The van der Waals surface area contributed by atoms with Crippen molar-refractivity contribution in [2.24, 2.45) is 4.99 Å². The maximum absolute atomic E-state index is 12.6. The molecule has 0 saturated carbocycles. The second kappa shape index (κ2) is 4.26. The molecule has 1 aromatic carbocycles. The molecule has 98 valence electrons. The number of aliphatic imine (C=N–C) groups is 1. The SMILES string of the molecule is FC(F)(F)C1=CN2CC(c3ccccc3)N=C2C=C1. The Balaban J connectivity index is 1.85. The van der Waals surface area contributed by atoms with Gasteiger partial charge in [-0.2, -0.15) is 13.2 Å². The zero-order chi connectivity index (χ0) is 13.5. The largest absolute Gasteiger partial charge is 0.417 e. The molecule has 0 aromatic heterocycles. The molecule has 0 saturated heterocycles. The van der Waals surface area contributed by atoms with E-state index in [0.29, 0.717) is 12.4 Å². The zero-order valence-electron chi connectivity index (χ0n) is 9.93. The van der Waals surface area contributed by atoms with Crippen molar-refractivity contribution in [1.82, 2.24) is 4.90 Å². The lowest BCUT2D eigenvalue weighted by atomic mass is 10.1. The summed E-state index contributed by atoms with van der Waals surface area (Å²) in [6.07, 6.45) is -0.691. The molecule has 2 aliphatic rings. The molecule has 2 heterocycles. The van der Waals surface area contributed by atoms with Crippen molar-refractivity contribution in [3.63, 3.8) is 0 Å². The number of benzene rings is 1. The summed E-state index contributed by atoms with van der Waals surface area (Å²) in [7, 11) is 0. The van der Waals surface area contributed by atoms with E-state index < -0.39 is 11.7 Å². The Morgan fingerprint density at radius 1 is 1.11 bits per heavy atom. The van der Waals surface area contributed by atoms with Crippen molar-refractivity contribution in [3.8, 4) is 0 Å². The number of rotatable bonds is 1. The van der Waals surface area contributed by atoms with E-state index in [9.17, 15) is 13.2 Å². The number of hydrogen-bond acceptors (Lipinski definition) is 2. The number of fused-ring (bicyclic) bond motifs is 1. The number of allylic oxidation sites excluding steroid dienone is 2. The quantitative estimate of drug-likeness (QED) is 0.758. The molecular weight excluding hydrogens is 253 g/mol. The van der Waals surface area contributed by atoms with Crippen molar-refractivity contribution in [1.29, 1.82) is 0 Å². The monoisotopic (exact) mass is 264 g/mol. The fraction of sp³-hybridized carbons (Fsp3) is 0.214. The standard InChI is InChI=1S/C14H11F3N2/c15-14(16,17)11-6-7-13-18-12(9-19(13)8-11)10-4-2-1-3-5-10/h1-8,12H,9H2. The van der Waals surface area contributed by atoms with Crippen LogP contribution in [0.3, 0.4) is 0 Å². The highest BCUT2D eigenvalue weighted by atomic mass is 19.4. The smallest absolute Gasteiger partial charge is 0.330 e. The first-order chi connectivity index (χ1) is 9.04. The molecule has 2 nitrogen and oxygen atoms in total. The number of hydrogen-bond donors (Lipinski definition) is 0. The molecule has 0 aliphatic carbocycles. The first kappa shape index (κ1) is 12.0. The van der Waals surface area contributed by atoms with Gasteiger partial charge in [0.05, 0.1) is 18.2 Å². The third kappa shape index (κ3) is 2.28. The van der Waals surface area contributed by atoms with Crippen LogP contribution >= 0.6 is 0 Å². The number of halogens is 3. The van der Waals surface area contributed by atoms with Crippen molar-refractivity contribution in [2.45, 2.75) is 12.2 Å². The van der Waals surface area contributed by atoms with Crippen molar-refractivity contribution in [3.05, 3.63) is 59.8 Å². The van der Waals surface area contributed by atoms with E-state index in [0.717, 1.165) is 17.8 Å². The molecule has 0 radical (unpaired) electrons. The number of alkyl halides is 3. The minimum Gasteiger partial charge on any atom is -0.330 e. The Morgan fingerprint density at radius 2 is 1.84 bits per heavy atom. The Bertz CT molecular complexity index is 570. The third-order valence-electron chi connectivity index (χ3n) is 3.17. The van der Waals surface area contributed by atoms with Crippen LogP contribution in [0.25, 0.3) is 0 Å². The van der Waals surface area contributed by atoms with Crippen LogP contribution in [0.1, 0.15) is 11.6 Å². The Morgan fingerprint density at radius 3 is 2.53 bits per heavy atom. The minimum absolute atomic E-state index is 0.107. The maximum atomic E-state index is 12.6. The first-order valence-corrected chi connectivity index (χ1v) is 5.90. The number of amidine groups is 1. The lowest BCUT2D eigenvalue weighted by Crippen LogP contribution is -2.26. The molecule has 1 atom stereocenters. The molecule has 2 aliphatic heterocycles. The Labute approximate surface area is 108 Å². The van der Waals surface area contributed by atoms with Gasteiger partial charge in [-0.15, -0.1) is 0 Å². The van der Waals surface area contributed by atoms with Crippen molar-refractivity contribution >= 4 is 5.84 Å². The van der Waals surface area contributed by atoms with E-state index in [1.54, 1.807) is 4.90 Å². The van der Waals surface area contributed by atoms with Gasteiger partial charge < -0.3 is 4.90 Å². The topological polar surface area (TPSA) is 15.6 Å². The fourth-order valence-electron chi connectivity index (χ4n) is 2.21. The summed E-state index contributed by atoms with van der Waals surface area (Å²) in [6.45, 7) is 0.448. The minimum atomic E-state index is -4.31. The van der Waals surface area contributed by atoms with Crippen LogP contribution in [-0.4, -0.2) is 23.5 Å². The van der Waals surface area contributed by atoms with Crippen LogP contribution in [-0.2, 0) is 0 Å². The van der Waals surface area contributed by atoms with Crippen LogP contribution in [0.4, 0.5) is 13.2 Å². The molecule has 19 heavy (non-hydrogen) atoms. The van der Waals surface area contributed by atoms with Gasteiger partial charge in [0, 0.05) is 6.20 Å². The highest BCUT2D eigenvalue weighted by Gasteiger charge is 2.36. The Kier molecular flexibility index (Phi) is 2.69. The van der Waals surface area contributed by atoms with E-state index in [-0.39, 0.29) is 6.04 Å². The van der Waals surface area contributed by atoms with Crippen molar-refractivity contribution < 1.29 is 13.2 Å². The summed E-state index contributed by atoms with van der Waals surface area (Å²) >= 11 is 0. The van der Waals surface area contributed by atoms with Gasteiger partial charge in [-0.25, -0.2) is 0 Å². The van der Waals surface area contributed by atoms with Gasteiger partial charge in [0.1, 0.15) is 5.84 Å². The molecule has 5 heteroatoms.